The van der Waals surface area contributed by atoms with E-state index in [1.54, 1.807) is 32.4 Å². The summed E-state index contributed by atoms with van der Waals surface area (Å²) < 4.78 is 22.0. The van der Waals surface area contributed by atoms with Gasteiger partial charge in [-0.3, -0.25) is 4.79 Å². The number of urea groups is 1. The Bertz CT molecular complexity index is 981. The number of hydrogen-bond acceptors (Lipinski definition) is 7. The molecule has 1 saturated carbocycles. The predicted octanol–water partition coefficient (Wildman–Crippen LogP) is 3.40. The maximum atomic E-state index is 13.8. The van der Waals surface area contributed by atoms with Crippen LogP contribution in [0.5, 0.6) is 11.5 Å². The number of rotatable bonds is 15. The summed E-state index contributed by atoms with van der Waals surface area (Å²) in [6, 6.07) is 5.79. The average molecular weight is 575 g/mol. The van der Waals surface area contributed by atoms with Crippen LogP contribution in [0, 0.1) is 17.8 Å². The minimum atomic E-state index is -0.0247. The standard InChI is InChI=1S/C31H50N4O6/c1-22(2)34(30(36)24-6-9-28(39-4)29(16-24)41-13-5-12-38-3)20-25-18-32-19-26(25)21-35(27-7-8-27)31(37)33-17-23-10-14-40-15-11-23/h6,9,16,22-23,25-27,32H,5,7-8,10-15,17-21H2,1-4H3,(H,33,37)/t25-,26-/m0/s1. The van der Waals surface area contributed by atoms with Crippen LogP contribution in [0.4, 0.5) is 4.79 Å². The normalized spacial score (nSPS) is 21.1. The molecular formula is C31H50N4O6. The van der Waals surface area contributed by atoms with Gasteiger partial charge in [-0.1, -0.05) is 0 Å². The fourth-order valence-electron chi connectivity index (χ4n) is 5.79. The number of benzene rings is 1. The SMILES string of the molecule is COCCCOc1cc(C(=O)N(C[C@@H]2CNC[C@H]2CN(C(=O)NCC2CCOCC2)C2CC2)C(C)C)ccc1OC. The summed E-state index contributed by atoms with van der Waals surface area (Å²) in [4.78, 5) is 31.1. The van der Waals surface area contributed by atoms with Gasteiger partial charge in [0.25, 0.3) is 5.91 Å². The highest BCUT2D eigenvalue weighted by Crippen LogP contribution is 2.32. The maximum absolute atomic E-state index is 13.8. The molecule has 1 aliphatic carbocycles. The van der Waals surface area contributed by atoms with E-state index >= 15 is 0 Å². The minimum Gasteiger partial charge on any atom is -0.493 e. The third kappa shape index (κ3) is 8.96. The Kier molecular flexibility index (Phi) is 11.9. The van der Waals surface area contributed by atoms with Crippen LogP contribution in [-0.2, 0) is 9.47 Å². The molecule has 2 heterocycles. The van der Waals surface area contributed by atoms with Gasteiger partial charge in [0, 0.05) is 83.7 Å². The van der Waals surface area contributed by atoms with Crippen molar-refractivity contribution in [1.82, 2.24) is 20.4 Å². The van der Waals surface area contributed by atoms with Crippen LogP contribution in [0.15, 0.2) is 18.2 Å². The van der Waals surface area contributed by atoms with Crippen molar-refractivity contribution in [3.8, 4) is 11.5 Å². The number of hydrogen-bond donors (Lipinski definition) is 2. The number of ether oxygens (including phenoxy) is 4. The summed E-state index contributed by atoms with van der Waals surface area (Å²) in [7, 11) is 3.26. The number of amides is 3. The molecule has 3 amide bonds. The highest BCUT2D eigenvalue weighted by Gasteiger charge is 2.38. The third-order valence-electron chi connectivity index (χ3n) is 8.52. The Morgan fingerprint density at radius 1 is 1.02 bits per heavy atom. The first kappa shape index (κ1) is 31.4. The zero-order chi connectivity index (χ0) is 29.2. The second-order valence-corrected chi connectivity index (χ2v) is 11.9. The molecule has 2 N–H and O–H groups in total. The van der Waals surface area contributed by atoms with Gasteiger partial charge in [0.15, 0.2) is 11.5 Å². The molecule has 3 fully saturated rings. The topological polar surface area (TPSA) is 102 Å². The Labute approximate surface area is 245 Å². The predicted molar refractivity (Wildman–Crippen MR) is 158 cm³/mol. The largest absolute Gasteiger partial charge is 0.493 e. The average Bonchev–Trinajstić information content (AvgIpc) is 3.74. The zero-order valence-corrected chi connectivity index (χ0v) is 25.4. The fourth-order valence-corrected chi connectivity index (χ4v) is 5.79. The van der Waals surface area contributed by atoms with Crippen LogP contribution in [0.3, 0.4) is 0 Å². The Balaban J connectivity index is 1.38. The van der Waals surface area contributed by atoms with Gasteiger partial charge in [-0.2, -0.15) is 0 Å². The number of nitrogens with zero attached hydrogens (tertiary/aromatic N) is 2. The zero-order valence-electron chi connectivity index (χ0n) is 25.4. The Hall–Kier alpha value is -2.56. The lowest BCUT2D eigenvalue weighted by Crippen LogP contribution is -2.48. The molecule has 0 radical (unpaired) electrons. The molecule has 3 aliphatic rings. The van der Waals surface area contributed by atoms with Crippen LogP contribution < -0.4 is 20.1 Å². The molecule has 2 saturated heterocycles. The van der Waals surface area contributed by atoms with Gasteiger partial charge in [-0.05, 0) is 75.5 Å². The lowest BCUT2D eigenvalue weighted by Gasteiger charge is -2.34. The van der Waals surface area contributed by atoms with E-state index in [9.17, 15) is 9.59 Å². The first-order chi connectivity index (χ1) is 19.9. The molecule has 0 aromatic heterocycles. The molecule has 1 aromatic rings. The lowest BCUT2D eigenvalue weighted by molar-refractivity contribution is 0.0647. The first-order valence-electron chi connectivity index (χ1n) is 15.3. The number of nitrogens with one attached hydrogen (secondary N) is 2. The van der Waals surface area contributed by atoms with Crippen LogP contribution >= 0.6 is 0 Å². The van der Waals surface area contributed by atoms with Crippen molar-refractivity contribution in [2.24, 2.45) is 17.8 Å². The van der Waals surface area contributed by atoms with Gasteiger partial charge in [0.2, 0.25) is 0 Å². The van der Waals surface area contributed by atoms with E-state index in [1.165, 1.54) is 0 Å². The van der Waals surface area contributed by atoms with E-state index in [1.807, 2.05) is 4.90 Å². The molecule has 0 bridgehead atoms. The van der Waals surface area contributed by atoms with Crippen LogP contribution in [0.1, 0.15) is 56.3 Å². The highest BCUT2D eigenvalue weighted by atomic mass is 16.5. The van der Waals surface area contributed by atoms with Gasteiger partial charge >= 0.3 is 6.03 Å². The van der Waals surface area contributed by atoms with Gasteiger partial charge in [0.05, 0.1) is 13.7 Å². The molecule has 4 rings (SSSR count). The van der Waals surface area contributed by atoms with Crippen molar-refractivity contribution < 1.29 is 28.5 Å². The van der Waals surface area contributed by atoms with E-state index < -0.39 is 0 Å². The van der Waals surface area contributed by atoms with Crippen molar-refractivity contribution in [3.63, 3.8) is 0 Å². The maximum Gasteiger partial charge on any atom is 0.317 e. The summed E-state index contributed by atoms with van der Waals surface area (Å²) in [6.07, 6.45) is 4.90. The van der Waals surface area contributed by atoms with Crippen molar-refractivity contribution in [2.75, 3.05) is 73.4 Å². The van der Waals surface area contributed by atoms with Gasteiger partial charge in [-0.15, -0.1) is 0 Å². The quantitative estimate of drug-likeness (QED) is 0.310. The number of carbonyl (C=O) groups excluding carboxylic acids is 2. The third-order valence-corrected chi connectivity index (χ3v) is 8.52. The smallest absolute Gasteiger partial charge is 0.317 e. The van der Waals surface area contributed by atoms with Gasteiger partial charge < -0.3 is 39.4 Å². The Morgan fingerprint density at radius 2 is 1.76 bits per heavy atom. The molecule has 41 heavy (non-hydrogen) atoms. The summed E-state index contributed by atoms with van der Waals surface area (Å²) in [5.41, 5.74) is 0.579. The van der Waals surface area contributed by atoms with Crippen molar-refractivity contribution in [1.29, 1.82) is 0 Å². The monoisotopic (exact) mass is 574 g/mol. The lowest BCUT2D eigenvalue weighted by atomic mass is 9.94. The molecule has 230 valence electrons. The molecule has 2 atom stereocenters. The molecule has 0 unspecified atom stereocenters. The highest BCUT2D eigenvalue weighted by molar-refractivity contribution is 5.95. The summed E-state index contributed by atoms with van der Waals surface area (Å²) in [5.74, 6) is 2.18. The van der Waals surface area contributed by atoms with E-state index in [2.05, 4.69) is 29.4 Å². The fraction of sp³-hybridized carbons (Fsp3) is 0.742. The minimum absolute atomic E-state index is 0.0247. The molecule has 2 aliphatic heterocycles. The molecule has 0 spiro atoms. The summed E-state index contributed by atoms with van der Waals surface area (Å²) in [5, 5.41) is 6.75. The summed E-state index contributed by atoms with van der Waals surface area (Å²) in [6.45, 7) is 10.5. The summed E-state index contributed by atoms with van der Waals surface area (Å²) >= 11 is 0. The van der Waals surface area contributed by atoms with E-state index in [-0.39, 0.29) is 29.8 Å². The van der Waals surface area contributed by atoms with E-state index in [0.717, 1.165) is 58.4 Å². The van der Waals surface area contributed by atoms with E-state index in [4.69, 9.17) is 18.9 Å². The van der Waals surface area contributed by atoms with Crippen LogP contribution in [0.2, 0.25) is 0 Å². The molecule has 1 aromatic carbocycles. The van der Waals surface area contributed by atoms with Gasteiger partial charge in [0.1, 0.15) is 0 Å². The van der Waals surface area contributed by atoms with Crippen LogP contribution in [0.25, 0.3) is 0 Å². The number of methoxy groups -OCH3 is 2. The van der Waals surface area contributed by atoms with Crippen molar-refractivity contribution in [3.05, 3.63) is 23.8 Å². The molecule has 10 heteroatoms. The van der Waals surface area contributed by atoms with E-state index in [0.29, 0.717) is 61.9 Å². The van der Waals surface area contributed by atoms with Crippen molar-refractivity contribution >= 4 is 11.9 Å². The van der Waals surface area contributed by atoms with Crippen LogP contribution in [-0.4, -0.2) is 107 Å². The Morgan fingerprint density at radius 3 is 2.41 bits per heavy atom. The molecular weight excluding hydrogens is 524 g/mol. The first-order valence-corrected chi connectivity index (χ1v) is 15.3. The second-order valence-electron chi connectivity index (χ2n) is 11.9. The second kappa shape index (κ2) is 15.6. The van der Waals surface area contributed by atoms with Gasteiger partial charge in [-0.25, -0.2) is 4.79 Å². The van der Waals surface area contributed by atoms with Crippen molar-refractivity contribution in [2.45, 2.75) is 58.0 Å². The molecule has 10 nitrogen and oxygen atoms in total. The number of carbonyl (C=O) groups is 2.